The van der Waals surface area contributed by atoms with Crippen molar-refractivity contribution in [3.05, 3.63) is 41.2 Å². The zero-order chi connectivity index (χ0) is 21.1. The lowest BCUT2D eigenvalue weighted by atomic mass is 10.1. The van der Waals surface area contributed by atoms with Crippen LogP contribution in [0.3, 0.4) is 0 Å². The molecule has 0 radical (unpaired) electrons. The van der Waals surface area contributed by atoms with Gasteiger partial charge in [-0.3, -0.25) is 9.67 Å². The Morgan fingerprint density at radius 1 is 1.03 bits per heavy atom. The zero-order valence-corrected chi connectivity index (χ0v) is 21.2. The van der Waals surface area contributed by atoms with Crippen molar-refractivity contribution in [3.8, 4) is 11.5 Å². The summed E-state index contributed by atoms with van der Waals surface area (Å²) < 4.78 is 13.4. The van der Waals surface area contributed by atoms with Crippen LogP contribution in [0.25, 0.3) is 0 Å². The highest BCUT2D eigenvalue weighted by molar-refractivity contribution is 14.0. The van der Waals surface area contributed by atoms with Gasteiger partial charge in [0.25, 0.3) is 0 Å². The van der Waals surface area contributed by atoms with Gasteiger partial charge in [0.2, 0.25) is 0 Å². The van der Waals surface area contributed by atoms with Crippen molar-refractivity contribution in [2.45, 2.75) is 47.1 Å². The lowest BCUT2D eigenvalue weighted by molar-refractivity contribution is 0.287. The highest BCUT2D eigenvalue weighted by Gasteiger charge is 2.07. The summed E-state index contributed by atoms with van der Waals surface area (Å²) in [6.45, 7) is 11.8. The molecule has 0 saturated heterocycles. The van der Waals surface area contributed by atoms with E-state index in [4.69, 9.17) is 9.47 Å². The van der Waals surface area contributed by atoms with Crippen molar-refractivity contribution in [1.82, 2.24) is 20.4 Å². The zero-order valence-electron chi connectivity index (χ0n) is 18.8. The number of aromatic nitrogens is 2. The Hall–Kier alpha value is -1.97. The maximum atomic E-state index is 5.70. The van der Waals surface area contributed by atoms with E-state index in [1.807, 2.05) is 26.8 Å². The lowest BCUT2D eigenvalue weighted by Gasteiger charge is -2.14. The number of aliphatic imine (C=N–C) groups is 1. The van der Waals surface area contributed by atoms with Gasteiger partial charge in [0.05, 0.1) is 18.9 Å². The first-order valence-corrected chi connectivity index (χ1v) is 10.4. The van der Waals surface area contributed by atoms with Crippen molar-refractivity contribution in [2.75, 3.05) is 33.4 Å². The molecular weight excluding hydrogens is 493 g/mol. The van der Waals surface area contributed by atoms with Gasteiger partial charge in [0, 0.05) is 32.4 Å². The summed E-state index contributed by atoms with van der Waals surface area (Å²) in [6.07, 6.45) is 1.86. The van der Waals surface area contributed by atoms with E-state index in [1.165, 1.54) is 11.3 Å². The molecule has 2 rings (SSSR count). The van der Waals surface area contributed by atoms with Crippen molar-refractivity contribution in [2.24, 2.45) is 4.99 Å². The van der Waals surface area contributed by atoms with Crippen LogP contribution in [-0.4, -0.2) is 49.1 Å². The number of nitrogens with one attached hydrogen (secondary N) is 2. The fourth-order valence-corrected chi connectivity index (χ4v) is 3.13. The summed E-state index contributed by atoms with van der Waals surface area (Å²) in [4.78, 5) is 4.30. The molecule has 0 atom stereocenters. The number of rotatable bonds is 11. The Labute approximate surface area is 197 Å². The van der Waals surface area contributed by atoms with Crippen molar-refractivity contribution in [1.29, 1.82) is 0 Å². The molecule has 0 fully saturated rings. The normalized spacial score (nSPS) is 11.0. The Morgan fingerprint density at radius 3 is 2.37 bits per heavy atom. The van der Waals surface area contributed by atoms with Crippen LogP contribution in [0.1, 0.15) is 37.2 Å². The van der Waals surface area contributed by atoms with E-state index in [9.17, 15) is 0 Å². The largest absolute Gasteiger partial charge is 0.490 e. The first kappa shape index (κ1) is 26.1. The number of ether oxygens (including phenoxy) is 2. The molecular formula is C22H36IN5O2. The second-order valence-electron chi connectivity index (χ2n) is 6.83. The van der Waals surface area contributed by atoms with Gasteiger partial charge in [0.1, 0.15) is 0 Å². The number of hydrogen-bond donors (Lipinski definition) is 2. The number of nitrogens with zero attached hydrogens (tertiary/aromatic N) is 3. The quantitative estimate of drug-likeness (QED) is 0.201. The predicted octanol–water partition coefficient (Wildman–Crippen LogP) is 3.71. The van der Waals surface area contributed by atoms with Crippen molar-refractivity contribution < 1.29 is 9.47 Å². The molecule has 0 amide bonds. The Morgan fingerprint density at radius 2 is 1.73 bits per heavy atom. The number of guanidine groups is 1. The highest BCUT2D eigenvalue weighted by atomic mass is 127. The molecule has 0 aliphatic rings. The summed E-state index contributed by atoms with van der Waals surface area (Å²) in [5.41, 5.74) is 3.46. The van der Waals surface area contributed by atoms with Crippen LogP contribution in [0.15, 0.2) is 29.3 Å². The molecule has 1 aromatic heterocycles. The van der Waals surface area contributed by atoms with Gasteiger partial charge in [0.15, 0.2) is 17.5 Å². The van der Waals surface area contributed by atoms with Gasteiger partial charge in [-0.15, -0.1) is 24.0 Å². The van der Waals surface area contributed by atoms with Crippen molar-refractivity contribution >= 4 is 29.9 Å². The maximum Gasteiger partial charge on any atom is 0.190 e. The molecule has 0 unspecified atom stereocenters. The second-order valence-corrected chi connectivity index (χ2v) is 6.83. The van der Waals surface area contributed by atoms with Gasteiger partial charge in [-0.05, 0) is 64.3 Å². The van der Waals surface area contributed by atoms with E-state index < -0.39 is 0 Å². The maximum absolute atomic E-state index is 5.70. The molecule has 0 aliphatic carbocycles. The molecule has 1 aromatic carbocycles. The molecule has 2 aromatic rings. The molecule has 168 valence electrons. The molecule has 7 nitrogen and oxygen atoms in total. The Bertz CT molecular complexity index is 792. The molecule has 8 heteroatoms. The van der Waals surface area contributed by atoms with Gasteiger partial charge < -0.3 is 20.1 Å². The smallest absolute Gasteiger partial charge is 0.190 e. The second kappa shape index (κ2) is 14.1. The van der Waals surface area contributed by atoms with Crippen LogP contribution in [0, 0.1) is 13.8 Å². The monoisotopic (exact) mass is 529 g/mol. The molecule has 30 heavy (non-hydrogen) atoms. The predicted molar refractivity (Wildman–Crippen MR) is 134 cm³/mol. The lowest BCUT2D eigenvalue weighted by Crippen LogP contribution is -2.39. The molecule has 0 saturated carbocycles. The number of halogens is 1. The topological polar surface area (TPSA) is 72.7 Å². The standard InChI is InChI=1S/C22H35N5O2.HI/c1-6-28-20-10-9-19(16-21(20)29-7-2)11-13-25-22(23-5)24-12-8-14-27-18(4)15-17(3)26-27;/h9-10,15-16H,6-8,11-14H2,1-5H3,(H2,23,24,25);1H. The third-order valence-electron chi connectivity index (χ3n) is 4.48. The summed E-state index contributed by atoms with van der Waals surface area (Å²) in [5, 5.41) is 11.2. The van der Waals surface area contributed by atoms with E-state index in [1.54, 1.807) is 7.05 Å². The van der Waals surface area contributed by atoms with Crippen LogP contribution < -0.4 is 20.1 Å². The number of aryl methyl sites for hydroxylation is 3. The molecule has 2 N–H and O–H groups in total. The van der Waals surface area contributed by atoms with E-state index in [0.717, 1.165) is 55.6 Å². The fourth-order valence-electron chi connectivity index (χ4n) is 3.13. The summed E-state index contributed by atoms with van der Waals surface area (Å²) in [7, 11) is 1.79. The Kier molecular flexibility index (Phi) is 12.3. The first-order chi connectivity index (χ1) is 14.1. The fraction of sp³-hybridized carbons (Fsp3) is 0.545. The third-order valence-corrected chi connectivity index (χ3v) is 4.48. The summed E-state index contributed by atoms with van der Waals surface area (Å²) in [5.74, 6) is 2.42. The minimum atomic E-state index is 0. The van der Waals surface area contributed by atoms with Gasteiger partial charge in [-0.2, -0.15) is 5.10 Å². The molecule has 0 aliphatic heterocycles. The van der Waals surface area contributed by atoms with Crippen LogP contribution in [-0.2, 0) is 13.0 Å². The molecule has 1 heterocycles. The number of benzene rings is 1. The van der Waals surface area contributed by atoms with Crippen molar-refractivity contribution in [3.63, 3.8) is 0 Å². The minimum Gasteiger partial charge on any atom is -0.490 e. The van der Waals surface area contributed by atoms with E-state index in [2.05, 4.69) is 50.5 Å². The first-order valence-electron chi connectivity index (χ1n) is 10.4. The van der Waals surface area contributed by atoms with Crippen LogP contribution in [0.2, 0.25) is 0 Å². The van der Waals surface area contributed by atoms with E-state index in [-0.39, 0.29) is 24.0 Å². The molecule has 0 bridgehead atoms. The van der Waals surface area contributed by atoms with Crippen LogP contribution in [0.4, 0.5) is 0 Å². The Balaban J connectivity index is 0.00000450. The van der Waals surface area contributed by atoms with Gasteiger partial charge in [-0.25, -0.2) is 0 Å². The minimum absolute atomic E-state index is 0. The van der Waals surface area contributed by atoms with Gasteiger partial charge in [-0.1, -0.05) is 6.07 Å². The molecule has 0 spiro atoms. The van der Waals surface area contributed by atoms with E-state index in [0.29, 0.717) is 13.2 Å². The highest BCUT2D eigenvalue weighted by Crippen LogP contribution is 2.28. The van der Waals surface area contributed by atoms with Crippen LogP contribution in [0.5, 0.6) is 11.5 Å². The average molecular weight is 529 g/mol. The average Bonchev–Trinajstić information content (AvgIpc) is 3.03. The summed E-state index contributed by atoms with van der Waals surface area (Å²) in [6, 6.07) is 8.22. The summed E-state index contributed by atoms with van der Waals surface area (Å²) >= 11 is 0. The third kappa shape index (κ3) is 8.41. The number of hydrogen-bond acceptors (Lipinski definition) is 4. The SMILES string of the molecule is CCOc1ccc(CCNC(=NC)NCCCn2nc(C)cc2C)cc1OCC.I. The van der Waals surface area contributed by atoms with E-state index >= 15 is 0 Å². The van der Waals surface area contributed by atoms with Crippen LogP contribution >= 0.6 is 24.0 Å². The van der Waals surface area contributed by atoms with Gasteiger partial charge >= 0.3 is 0 Å².